The quantitative estimate of drug-likeness (QED) is 0.905. The molecule has 2 nitrogen and oxygen atoms in total. The largest absolute Gasteiger partial charge is 0.316 e. The van der Waals surface area contributed by atoms with Crippen molar-refractivity contribution >= 4 is 22.9 Å². The minimum atomic E-state index is -0.300. The highest BCUT2D eigenvalue weighted by Crippen LogP contribution is 2.22. The van der Waals surface area contributed by atoms with Crippen LogP contribution in [0, 0.1) is 19.7 Å². The van der Waals surface area contributed by atoms with E-state index in [1.165, 1.54) is 17.0 Å². The molecule has 0 aliphatic heterocycles. The van der Waals surface area contributed by atoms with Crippen LogP contribution in [0.2, 0.25) is 5.02 Å². The van der Waals surface area contributed by atoms with Crippen molar-refractivity contribution in [2.24, 2.45) is 0 Å². The van der Waals surface area contributed by atoms with Gasteiger partial charge in [0.1, 0.15) is 5.82 Å². The molecule has 1 atom stereocenters. The molecule has 0 saturated carbocycles. The van der Waals surface area contributed by atoms with Gasteiger partial charge in [-0.15, -0.1) is 11.3 Å². The topological polar surface area (TPSA) is 24.9 Å². The molecule has 2 rings (SSSR count). The minimum absolute atomic E-state index is 0.239. The zero-order valence-electron chi connectivity index (χ0n) is 11.8. The first kappa shape index (κ1) is 15.4. The highest BCUT2D eigenvalue weighted by atomic mass is 35.5. The molecule has 20 heavy (non-hydrogen) atoms. The summed E-state index contributed by atoms with van der Waals surface area (Å²) in [6, 6.07) is 4.80. The minimum Gasteiger partial charge on any atom is -0.316 e. The first-order valence-corrected chi connectivity index (χ1v) is 7.73. The average molecular weight is 313 g/mol. The van der Waals surface area contributed by atoms with E-state index in [9.17, 15) is 4.39 Å². The number of aryl methyl sites for hydroxylation is 2. The van der Waals surface area contributed by atoms with Crippen molar-refractivity contribution in [1.82, 2.24) is 10.3 Å². The molecule has 0 amide bonds. The molecule has 1 N–H and O–H groups in total. The number of hydrogen-bond acceptors (Lipinski definition) is 3. The van der Waals surface area contributed by atoms with Crippen LogP contribution in [0.4, 0.5) is 4.39 Å². The van der Waals surface area contributed by atoms with Crippen LogP contribution in [0.25, 0.3) is 0 Å². The Bertz CT molecular complexity index is 578. The van der Waals surface area contributed by atoms with Crippen molar-refractivity contribution in [3.8, 4) is 0 Å². The van der Waals surface area contributed by atoms with Gasteiger partial charge in [0.2, 0.25) is 0 Å². The number of hydrogen-bond donors (Lipinski definition) is 1. The van der Waals surface area contributed by atoms with Crippen molar-refractivity contribution < 1.29 is 4.39 Å². The van der Waals surface area contributed by atoms with Gasteiger partial charge in [0, 0.05) is 22.4 Å². The molecule has 0 aliphatic rings. The third-order valence-electron chi connectivity index (χ3n) is 3.38. The second kappa shape index (κ2) is 6.66. The van der Waals surface area contributed by atoms with Crippen LogP contribution in [0.15, 0.2) is 18.2 Å². The number of thiazole rings is 1. The Morgan fingerprint density at radius 1 is 1.35 bits per heavy atom. The summed E-state index contributed by atoms with van der Waals surface area (Å²) >= 11 is 7.81. The van der Waals surface area contributed by atoms with Crippen LogP contribution in [0.5, 0.6) is 0 Å². The number of halogens is 2. The van der Waals surface area contributed by atoms with Gasteiger partial charge in [-0.05, 0) is 45.0 Å². The van der Waals surface area contributed by atoms with Gasteiger partial charge in [0.05, 0.1) is 10.7 Å². The van der Waals surface area contributed by atoms with Gasteiger partial charge in [0.25, 0.3) is 0 Å². The molecule has 5 heteroatoms. The smallest absolute Gasteiger partial charge is 0.124 e. The van der Waals surface area contributed by atoms with Crippen molar-refractivity contribution in [2.45, 2.75) is 32.7 Å². The Kier molecular flexibility index (Phi) is 5.13. The van der Waals surface area contributed by atoms with Gasteiger partial charge in [0.15, 0.2) is 0 Å². The monoisotopic (exact) mass is 312 g/mol. The van der Waals surface area contributed by atoms with Gasteiger partial charge < -0.3 is 5.32 Å². The Morgan fingerprint density at radius 2 is 2.10 bits per heavy atom. The van der Waals surface area contributed by atoms with Gasteiger partial charge in [-0.2, -0.15) is 0 Å². The summed E-state index contributed by atoms with van der Waals surface area (Å²) in [5.74, 6) is -0.300. The summed E-state index contributed by atoms with van der Waals surface area (Å²) in [7, 11) is 1.93. The SMILES string of the molecule is CNC(Cc1nc(C)c(C)s1)Cc1ccc(F)cc1Cl. The predicted octanol–water partition coefficient (Wildman–Crippen LogP) is 3.93. The molecule has 0 saturated heterocycles. The molecule has 1 heterocycles. The van der Waals surface area contributed by atoms with E-state index in [0.717, 1.165) is 29.1 Å². The lowest BCUT2D eigenvalue weighted by Crippen LogP contribution is -2.30. The van der Waals surface area contributed by atoms with E-state index in [0.29, 0.717) is 5.02 Å². The van der Waals surface area contributed by atoms with Gasteiger partial charge in [-0.25, -0.2) is 9.37 Å². The lowest BCUT2D eigenvalue weighted by molar-refractivity contribution is 0.553. The summed E-state index contributed by atoms with van der Waals surface area (Å²) in [5.41, 5.74) is 2.05. The van der Waals surface area contributed by atoms with Crippen molar-refractivity contribution in [2.75, 3.05) is 7.05 Å². The highest BCUT2D eigenvalue weighted by Gasteiger charge is 2.14. The molecule has 1 aromatic carbocycles. The highest BCUT2D eigenvalue weighted by molar-refractivity contribution is 7.11. The maximum atomic E-state index is 13.1. The number of rotatable bonds is 5. The molecular formula is C15H18ClFN2S. The molecule has 0 aliphatic carbocycles. The van der Waals surface area contributed by atoms with Crippen LogP contribution >= 0.6 is 22.9 Å². The van der Waals surface area contributed by atoms with Crippen molar-refractivity contribution in [3.63, 3.8) is 0 Å². The zero-order chi connectivity index (χ0) is 14.7. The van der Waals surface area contributed by atoms with Gasteiger partial charge in [-0.1, -0.05) is 17.7 Å². The van der Waals surface area contributed by atoms with E-state index in [2.05, 4.69) is 17.2 Å². The van der Waals surface area contributed by atoms with E-state index >= 15 is 0 Å². The third-order valence-corrected chi connectivity index (χ3v) is 4.83. The van der Waals surface area contributed by atoms with E-state index in [1.54, 1.807) is 17.4 Å². The Morgan fingerprint density at radius 3 is 2.65 bits per heavy atom. The van der Waals surface area contributed by atoms with E-state index in [4.69, 9.17) is 11.6 Å². The number of benzene rings is 1. The fourth-order valence-corrected chi connectivity index (χ4v) is 3.32. The molecule has 1 unspecified atom stereocenters. The summed E-state index contributed by atoms with van der Waals surface area (Å²) in [5, 5.41) is 4.89. The second-order valence-corrected chi connectivity index (χ2v) is 6.57. The van der Waals surface area contributed by atoms with E-state index in [1.807, 2.05) is 14.0 Å². The summed E-state index contributed by atoms with van der Waals surface area (Å²) in [4.78, 5) is 5.82. The second-order valence-electron chi connectivity index (χ2n) is 4.88. The normalized spacial score (nSPS) is 12.7. The van der Waals surface area contributed by atoms with Crippen LogP contribution in [0.3, 0.4) is 0 Å². The lowest BCUT2D eigenvalue weighted by atomic mass is 10.0. The molecule has 0 fully saturated rings. The standard InChI is InChI=1S/C15H18ClFN2S/c1-9-10(2)20-15(19-9)8-13(18-3)6-11-4-5-12(17)7-14(11)16/h4-5,7,13,18H,6,8H2,1-3H3. The van der Waals surface area contributed by atoms with Gasteiger partial charge in [-0.3, -0.25) is 0 Å². The van der Waals surface area contributed by atoms with E-state index < -0.39 is 0 Å². The molecule has 1 aromatic heterocycles. The van der Waals surface area contributed by atoms with Crippen LogP contribution in [0.1, 0.15) is 21.1 Å². The number of likely N-dealkylation sites (N-methyl/N-ethyl adjacent to an activating group) is 1. The number of nitrogens with one attached hydrogen (secondary N) is 1. The summed E-state index contributed by atoms with van der Waals surface area (Å²) < 4.78 is 13.1. The Hall–Kier alpha value is -0.970. The van der Waals surface area contributed by atoms with E-state index in [-0.39, 0.29) is 11.9 Å². The number of aromatic nitrogens is 1. The Balaban J connectivity index is 2.08. The first-order valence-electron chi connectivity index (χ1n) is 6.53. The first-order chi connectivity index (χ1) is 9.49. The van der Waals surface area contributed by atoms with Gasteiger partial charge >= 0.3 is 0 Å². The fraction of sp³-hybridized carbons (Fsp3) is 0.400. The maximum Gasteiger partial charge on any atom is 0.124 e. The fourth-order valence-electron chi connectivity index (χ4n) is 2.07. The molecule has 0 spiro atoms. The predicted molar refractivity (Wildman–Crippen MR) is 83.3 cm³/mol. The number of nitrogens with zero attached hydrogens (tertiary/aromatic N) is 1. The van der Waals surface area contributed by atoms with Crippen molar-refractivity contribution in [1.29, 1.82) is 0 Å². The Labute approximate surface area is 128 Å². The lowest BCUT2D eigenvalue weighted by Gasteiger charge is -2.15. The molecule has 2 aromatic rings. The van der Waals surface area contributed by atoms with Crippen LogP contribution < -0.4 is 5.32 Å². The molecular weight excluding hydrogens is 295 g/mol. The summed E-state index contributed by atoms with van der Waals surface area (Å²) in [6.45, 7) is 4.11. The molecule has 0 bridgehead atoms. The molecule has 0 radical (unpaired) electrons. The average Bonchev–Trinajstić information content (AvgIpc) is 2.70. The van der Waals surface area contributed by atoms with Crippen LogP contribution in [-0.4, -0.2) is 18.1 Å². The van der Waals surface area contributed by atoms with Crippen molar-refractivity contribution in [3.05, 3.63) is 50.2 Å². The third kappa shape index (κ3) is 3.78. The van der Waals surface area contributed by atoms with Crippen LogP contribution in [-0.2, 0) is 12.8 Å². The summed E-state index contributed by atoms with van der Waals surface area (Å²) in [6.07, 6.45) is 1.61. The zero-order valence-corrected chi connectivity index (χ0v) is 13.4. The maximum absolute atomic E-state index is 13.1. The molecule has 108 valence electrons.